The van der Waals surface area contributed by atoms with Crippen molar-refractivity contribution in [2.24, 2.45) is 0 Å². The van der Waals surface area contributed by atoms with Gasteiger partial charge in [-0.1, -0.05) is 0 Å². The summed E-state index contributed by atoms with van der Waals surface area (Å²) < 4.78 is 0. The Bertz CT molecular complexity index is 352. The molecular formula is C11H16N2OS. The maximum Gasteiger partial charge on any atom is 0.220 e. The van der Waals surface area contributed by atoms with E-state index in [-0.39, 0.29) is 5.91 Å². The van der Waals surface area contributed by atoms with Crippen LogP contribution >= 0.6 is 11.8 Å². The predicted octanol–water partition coefficient (Wildman–Crippen LogP) is 1.81. The van der Waals surface area contributed by atoms with E-state index >= 15 is 0 Å². The molecule has 1 aromatic carbocycles. The summed E-state index contributed by atoms with van der Waals surface area (Å²) in [6.45, 7) is 2.03. The minimum Gasteiger partial charge on any atom is -0.399 e. The van der Waals surface area contributed by atoms with E-state index in [1.54, 1.807) is 18.8 Å². The normalized spacial score (nSPS) is 10.0. The molecule has 15 heavy (non-hydrogen) atoms. The Morgan fingerprint density at radius 2 is 2.27 bits per heavy atom. The summed E-state index contributed by atoms with van der Waals surface area (Å²) in [6.07, 6.45) is 0.547. The lowest BCUT2D eigenvalue weighted by Crippen LogP contribution is -2.17. The van der Waals surface area contributed by atoms with Gasteiger partial charge in [-0.2, -0.15) is 0 Å². The van der Waals surface area contributed by atoms with Crippen LogP contribution in [0.1, 0.15) is 12.0 Å². The summed E-state index contributed by atoms with van der Waals surface area (Å²) in [5.74, 6) is 0.875. The molecule has 82 valence electrons. The zero-order valence-electron chi connectivity index (χ0n) is 9.04. The number of nitrogens with one attached hydrogen (secondary N) is 1. The zero-order valence-corrected chi connectivity index (χ0v) is 9.86. The number of hydrogen-bond donors (Lipinski definition) is 2. The molecule has 1 aromatic rings. The highest BCUT2D eigenvalue weighted by molar-refractivity contribution is 7.99. The number of rotatable bonds is 4. The van der Waals surface area contributed by atoms with Crippen molar-refractivity contribution in [3.8, 4) is 0 Å². The van der Waals surface area contributed by atoms with Crippen LogP contribution in [0.15, 0.2) is 23.1 Å². The molecule has 0 saturated heterocycles. The fraction of sp³-hybridized carbons (Fsp3) is 0.364. The molecule has 0 saturated carbocycles. The second kappa shape index (κ2) is 5.66. The molecule has 4 heteroatoms. The van der Waals surface area contributed by atoms with Gasteiger partial charge in [-0.05, 0) is 30.7 Å². The average Bonchev–Trinajstić information content (AvgIpc) is 2.21. The first-order chi connectivity index (χ1) is 7.13. The monoisotopic (exact) mass is 224 g/mol. The van der Waals surface area contributed by atoms with Crippen LogP contribution < -0.4 is 11.1 Å². The van der Waals surface area contributed by atoms with Crippen LogP contribution in [-0.2, 0) is 4.79 Å². The highest BCUT2D eigenvalue weighted by Gasteiger charge is 2.02. The van der Waals surface area contributed by atoms with Crippen LogP contribution in [-0.4, -0.2) is 18.7 Å². The van der Waals surface area contributed by atoms with Crippen LogP contribution in [0.25, 0.3) is 0 Å². The van der Waals surface area contributed by atoms with Gasteiger partial charge in [0.1, 0.15) is 0 Å². The summed E-state index contributed by atoms with van der Waals surface area (Å²) >= 11 is 1.68. The van der Waals surface area contributed by atoms with E-state index in [4.69, 9.17) is 5.73 Å². The number of nitrogens with two attached hydrogens (primary N) is 1. The van der Waals surface area contributed by atoms with Crippen molar-refractivity contribution in [2.45, 2.75) is 18.2 Å². The van der Waals surface area contributed by atoms with Gasteiger partial charge in [0.05, 0.1) is 0 Å². The summed E-state index contributed by atoms with van der Waals surface area (Å²) in [4.78, 5) is 12.2. The van der Waals surface area contributed by atoms with Gasteiger partial charge in [-0.25, -0.2) is 0 Å². The Balaban J connectivity index is 2.47. The molecule has 0 aliphatic heterocycles. The van der Waals surface area contributed by atoms with Gasteiger partial charge in [0.2, 0.25) is 5.91 Å². The van der Waals surface area contributed by atoms with Gasteiger partial charge in [0, 0.05) is 29.8 Å². The fourth-order valence-corrected chi connectivity index (χ4v) is 2.17. The minimum atomic E-state index is 0.0793. The quantitative estimate of drug-likeness (QED) is 0.606. The van der Waals surface area contributed by atoms with Crippen molar-refractivity contribution < 1.29 is 4.79 Å². The molecule has 0 atom stereocenters. The summed E-state index contributed by atoms with van der Waals surface area (Å²) in [5.41, 5.74) is 7.60. The number of amides is 1. The fourth-order valence-electron chi connectivity index (χ4n) is 1.21. The number of benzene rings is 1. The highest BCUT2D eigenvalue weighted by Crippen LogP contribution is 2.24. The van der Waals surface area contributed by atoms with Crippen LogP contribution in [0.2, 0.25) is 0 Å². The lowest BCUT2D eigenvalue weighted by molar-refractivity contribution is -0.120. The molecule has 3 N–H and O–H groups in total. The van der Waals surface area contributed by atoms with Crippen molar-refractivity contribution in [3.05, 3.63) is 23.8 Å². The van der Waals surface area contributed by atoms with Gasteiger partial charge < -0.3 is 11.1 Å². The van der Waals surface area contributed by atoms with Crippen molar-refractivity contribution in [3.63, 3.8) is 0 Å². The van der Waals surface area contributed by atoms with Gasteiger partial charge >= 0.3 is 0 Å². The van der Waals surface area contributed by atoms with Crippen molar-refractivity contribution in [2.75, 3.05) is 18.5 Å². The Morgan fingerprint density at radius 1 is 1.53 bits per heavy atom. The van der Waals surface area contributed by atoms with Gasteiger partial charge in [0.25, 0.3) is 0 Å². The first kappa shape index (κ1) is 11.9. The molecular weight excluding hydrogens is 208 g/mol. The van der Waals surface area contributed by atoms with Gasteiger partial charge in [-0.3, -0.25) is 4.79 Å². The smallest absolute Gasteiger partial charge is 0.220 e. The highest BCUT2D eigenvalue weighted by atomic mass is 32.2. The average molecular weight is 224 g/mol. The lowest BCUT2D eigenvalue weighted by atomic mass is 10.2. The molecule has 0 aromatic heterocycles. The molecule has 1 amide bonds. The number of thioether (sulfide) groups is 1. The van der Waals surface area contributed by atoms with E-state index in [0.717, 1.165) is 17.0 Å². The second-order valence-electron chi connectivity index (χ2n) is 3.30. The lowest BCUT2D eigenvalue weighted by Gasteiger charge is -2.05. The summed E-state index contributed by atoms with van der Waals surface area (Å²) in [7, 11) is 1.65. The van der Waals surface area contributed by atoms with Crippen molar-refractivity contribution in [1.29, 1.82) is 0 Å². The van der Waals surface area contributed by atoms with E-state index in [1.807, 2.05) is 25.1 Å². The van der Waals surface area contributed by atoms with E-state index < -0.39 is 0 Å². The first-order valence-corrected chi connectivity index (χ1v) is 5.81. The molecule has 0 bridgehead atoms. The number of anilines is 1. The molecule has 0 fully saturated rings. The van der Waals surface area contributed by atoms with Gasteiger partial charge in [0.15, 0.2) is 0 Å². The second-order valence-corrected chi connectivity index (χ2v) is 4.43. The van der Waals surface area contributed by atoms with E-state index in [1.165, 1.54) is 4.90 Å². The molecule has 3 nitrogen and oxygen atoms in total. The number of aryl methyl sites for hydroxylation is 1. The SMILES string of the molecule is CNC(=O)CCSc1ccc(N)cc1C. The third-order valence-corrected chi connectivity index (χ3v) is 3.24. The zero-order chi connectivity index (χ0) is 11.3. The predicted molar refractivity (Wildman–Crippen MR) is 65.0 cm³/mol. The van der Waals surface area contributed by atoms with E-state index in [2.05, 4.69) is 5.32 Å². The standard InChI is InChI=1S/C11H16N2OS/c1-8-7-9(12)3-4-10(8)15-6-5-11(14)13-2/h3-4,7H,5-6,12H2,1-2H3,(H,13,14). The van der Waals surface area contributed by atoms with Crippen LogP contribution in [0.5, 0.6) is 0 Å². The minimum absolute atomic E-state index is 0.0793. The summed E-state index contributed by atoms with van der Waals surface area (Å²) in [6, 6.07) is 5.83. The van der Waals surface area contributed by atoms with Gasteiger partial charge in [-0.15, -0.1) is 11.8 Å². The van der Waals surface area contributed by atoms with Crippen LogP contribution in [0.4, 0.5) is 5.69 Å². The Hall–Kier alpha value is -1.16. The summed E-state index contributed by atoms with van der Waals surface area (Å²) in [5, 5.41) is 2.60. The largest absolute Gasteiger partial charge is 0.399 e. The topological polar surface area (TPSA) is 55.1 Å². The Kier molecular flexibility index (Phi) is 4.49. The maximum absolute atomic E-state index is 11.0. The number of carbonyl (C=O) groups is 1. The Morgan fingerprint density at radius 3 is 2.87 bits per heavy atom. The molecule has 0 spiro atoms. The molecule has 0 aliphatic rings. The number of hydrogen-bond acceptors (Lipinski definition) is 3. The first-order valence-electron chi connectivity index (χ1n) is 4.83. The van der Waals surface area contributed by atoms with Crippen LogP contribution in [0.3, 0.4) is 0 Å². The molecule has 0 unspecified atom stereocenters. The molecule has 1 rings (SSSR count). The van der Waals surface area contributed by atoms with E-state index in [9.17, 15) is 4.79 Å². The third kappa shape index (κ3) is 3.83. The molecule has 0 aliphatic carbocycles. The van der Waals surface area contributed by atoms with Crippen molar-refractivity contribution in [1.82, 2.24) is 5.32 Å². The maximum atomic E-state index is 11.0. The third-order valence-electron chi connectivity index (χ3n) is 2.06. The molecule has 0 radical (unpaired) electrons. The van der Waals surface area contributed by atoms with E-state index in [0.29, 0.717) is 6.42 Å². The molecule has 0 heterocycles. The van der Waals surface area contributed by atoms with Crippen molar-refractivity contribution >= 4 is 23.4 Å². The number of nitrogen functional groups attached to an aromatic ring is 1. The number of carbonyl (C=O) groups excluding carboxylic acids is 1. The Labute approximate surface area is 94.4 Å². The van der Waals surface area contributed by atoms with Crippen LogP contribution in [0, 0.1) is 6.92 Å².